The van der Waals surface area contributed by atoms with E-state index in [4.69, 9.17) is 4.74 Å². The van der Waals surface area contributed by atoms with Gasteiger partial charge in [-0.25, -0.2) is 5.43 Å². The molecule has 2 aromatic rings. The van der Waals surface area contributed by atoms with Crippen molar-refractivity contribution in [2.75, 3.05) is 11.9 Å². The quantitative estimate of drug-likeness (QED) is 0.368. The number of hydrogen-bond acceptors (Lipinski definition) is 4. The number of nitrogens with zero attached hydrogens (tertiary/aromatic N) is 1. The molecule has 0 aromatic heterocycles. The molecule has 0 aliphatic heterocycles. The van der Waals surface area contributed by atoms with Gasteiger partial charge in [0.1, 0.15) is 12.4 Å². The first-order valence-electron chi connectivity index (χ1n) is 7.64. The maximum atomic E-state index is 11.8. The Morgan fingerprint density at radius 2 is 1.84 bits per heavy atom. The average molecular weight is 337 g/mol. The number of hydrazone groups is 1. The van der Waals surface area contributed by atoms with Gasteiger partial charge in [0.25, 0.3) is 0 Å². The third-order valence-electron chi connectivity index (χ3n) is 3.23. The van der Waals surface area contributed by atoms with Crippen molar-refractivity contribution in [1.29, 1.82) is 0 Å². The predicted octanol–water partition coefficient (Wildman–Crippen LogP) is 2.65. The molecule has 0 bridgehead atoms. The van der Waals surface area contributed by atoms with Gasteiger partial charge in [0.2, 0.25) is 0 Å². The number of anilines is 1. The zero-order valence-electron chi connectivity index (χ0n) is 13.9. The van der Waals surface area contributed by atoms with E-state index < -0.39 is 11.8 Å². The van der Waals surface area contributed by atoms with Gasteiger partial charge < -0.3 is 10.1 Å². The van der Waals surface area contributed by atoms with Gasteiger partial charge in [-0.15, -0.1) is 0 Å². The molecule has 2 N–H and O–H groups in total. The normalized spacial score (nSPS) is 10.3. The molecule has 0 spiro atoms. The van der Waals surface area contributed by atoms with E-state index >= 15 is 0 Å². The Kier molecular flexibility index (Phi) is 6.47. The number of hydrogen-bond donors (Lipinski definition) is 2. The van der Waals surface area contributed by atoms with Crippen LogP contribution in [0.4, 0.5) is 5.69 Å². The van der Waals surface area contributed by atoms with Crippen molar-refractivity contribution in [3.05, 3.63) is 72.3 Å². The molecule has 0 radical (unpaired) electrons. The van der Waals surface area contributed by atoms with E-state index in [2.05, 4.69) is 22.4 Å². The van der Waals surface area contributed by atoms with E-state index in [9.17, 15) is 9.59 Å². The van der Waals surface area contributed by atoms with Gasteiger partial charge in [0.15, 0.2) is 0 Å². The van der Waals surface area contributed by atoms with Crippen molar-refractivity contribution in [3.8, 4) is 5.75 Å². The van der Waals surface area contributed by atoms with Gasteiger partial charge in [-0.05, 0) is 48.4 Å². The van der Waals surface area contributed by atoms with E-state index in [1.165, 1.54) is 6.21 Å². The molecule has 0 unspecified atom stereocenters. The van der Waals surface area contributed by atoms with E-state index in [1.54, 1.807) is 42.5 Å². The Hall–Kier alpha value is -3.41. The lowest BCUT2D eigenvalue weighted by Gasteiger charge is -2.06. The lowest BCUT2D eigenvalue weighted by atomic mass is 10.2. The lowest BCUT2D eigenvalue weighted by Crippen LogP contribution is -2.32. The van der Waals surface area contributed by atoms with Crippen molar-refractivity contribution in [2.45, 2.75) is 6.92 Å². The third kappa shape index (κ3) is 5.62. The van der Waals surface area contributed by atoms with Gasteiger partial charge in [0, 0.05) is 5.69 Å². The number of carbonyl (C=O) groups is 2. The van der Waals surface area contributed by atoms with Crippen LogP contribution in [-0.2, 0) is 9.59 Å². The molecule has 0 aliphatic rings. The molecule has 0 atom stereocenters. The monoisotopic (exact) mass is 337 g/mol. The summed E-state index contributed by atoms with van der Waals surface area (Å²) in [5, 5.41) is 6.31. The molecular formula is C19H19N3O3. The van der Waals surface area contributed by atoms with Gasteiger partial charge in [-0.3, -0.25) is 9.59 Å². The van der Waals surface area contributed by atoms with Crippen LogP contribution >= 0.6 is 0 Å². The minimum atomic E-state index is -0.842. The fourth-order valence-corrected chi connectivity index (χ4v) is 1.91. The first-order chi connectivity index (χ1) is 12.1. The number of aryl methyl sites for hydroxylation is 1. The fraction of sp³-hybridized carbons (Fsp3) is 0.105. The molecule has 0 fully saturated rings. The second-order valence-electron chi connectivity index (χ2n) is 5.14. The van der Waals surface area contributed by atoms with Crippen LogP contribution < -0.4 is 15.5 Å². The summed E-state index contributed by atoms with van der Waals surface area (Å²) in [6.07, 6.45) is 3.10. The molecule has 2 amide bonds. The van der Waals surface area contributed by atoms with Crippen LogP contribution in [0.5, 0.6) is 5.75 Å². The first-order valence-corrected chi connectivity index (χ1v) is 7.64. The Labute approximate surface area is 146 Å². The molecule has 2 aromatic carbocycles. The minimum absolute atomic E-state index is 0.430. The standard InChI is InChI=1S/C19H19N3O3/c1-3-12-25-16-10-8-15(9-11-16)13-20-22-19(24)18(23)21-17-7-5-4-6-14(17)2/h3-11,13H,1,12H2,2H3,(H,21,23)(H,22,24). The maximum absolute atomic E-state index is 11.8. The summed E-state index contributed by atoms with van der Waals surface area (Å²) in [7, 11) is 0. The number of nitrogens with one attached hydrogen (secondary N) is 2. The number of amides is 2. The molecule has 2 rings (SSSR count). The van der Waals surface area contributed by atoms with E-state index in [1.807, 2.05) is 19.1 Å². The van der Waals surface area contributed by atoms with Crippen molar-refractivity contribution >= 4 is 23.7 Å². The van der Waals surface area contributed by atoms with Crippen LogP contribution in [0, 0.1) is 6.92 Å². The van der Waals surface area contributed by atoms with Crippen molar-refractivity contribution in [3.63, 3.8) is 0 Å². The molecule has 0 aliphatic carbocycles. The highest BCUT2D eigenvalue weighted by atomic mass is 16.5. The lowest BCUT2D eigenvalue weighted by molar-refractivity contribution is -0.136. The summed E-state index contributed by atoms with van der Waals surface area (Å²) in [6.45, 7) is 5.85. The Bertz CT molecular complexity index is 783. The number of para-hydroxylation sites is 1. The highest BCUT2D eigenvalue weighted by Crippen LogP contribution is 2.13. The average Bonchev–Trinajstić information content (AvgIpc) is 2.62. The molecule has 0 saturated heterocycles. The van der Waals surface area contributed by atoms with Crippen molar-refractivity contribution < 1.29 is 14.3 Å². The maximum Gasteiger partial charge on any atom is 0.329 e. The molecule has 6 heteroatoms. The summed E-state index contributed by atoms with van der Waals surface area (Å²) in [6, 6.07) is 14.3. The summed E-state index contributed by atoms with van der Waals surface area (Å²) in [5.74, 6) is -0.913. The first kappa shape index (κ1) is 17.9. The van der Waals surface area contributed by atoms with Crippen LogP contribution in [0.2, 0.25) is 0 Å². The topological polar surface area (TPSA) is 79.8 Å². The zero-order valence-corrected chi connectivity index (χ0v) is 13.9. The van der Waals surface area contributed by atoms with Crippen LogP contribution in [0.15, 0.2) is 66.3 Å². The Morgan fingerprint density at radius 1 is 1.12 bits per heavy atom. The van der Waals surface area contributed by atoms with Gasteiger partial charge in [0.05, 0.1) is 6.21 Å². The van der Waals surface area contributed by atoms with E-state index in [0.29, 0.717) is 18.0 Å². The SMILES string of the molecule is C=CCOc1ccc(C=NNC(=O)C(=O)Nc2ccccc2C)cc1. The van der Waals surface area contributed by atoms with Crippen molar-refractivity contribution in [2.24, 2.45) is 5.10 Å². The van der Waals surface area contributed by atoms with Crippen LogP contribution in [0.3, 0.4) is 0 Å². The van der Waals surface area contributed by atoms with Crippen LogP contribution in [0.25, 0.3) is 0 Å². The van der Waals surface area contributed by atoms with Gasteiger partial charge in [-0.2, -0.15) is 5.10 Å². The summed E-state index contributed by atoms with van der Waals surface area (Å²) in [4.78, 5) is 23.6. The molecule has 6 nitrogen and oxygen atoms in total. The Balaban J connectivity index is 1.86. The molecule has 0 saturated carbocycles. The highest BCUT2D eigenvalue weighted by Gasteiger charge is 2.13. The zero-order chi connectivity index (χ0) is 18.1. The highest BCUT2D eigenvalue weighted by molar-refractivity contribution is 6.39. The molecule has 0 heterocycles. The molecule has 128 valence electrons. The minimum Gasteiger partial charge on any atom is -0.490 e. The van der Waals surface area contributed by atoms with E-state index in [0.717, 1.165) is 11.1 Å². The fourth-order valence-electron chi connectivity index (χ4n) is 1.91. The third-order valence-corrected chi connectivity index (χ3v) is 3.23. The largest absolute Gasteiger partial charge is 0.490 e. The number of ether oxygens (including phenoxy) is 1. The van der Waals surface area contributed by atoms with Gasteiger partial charge >= 0.3 is 11.8 Å². The number of carbonyl (C=O) groups excluding carboxylic acids is 2. The smallest absolute Gasteiger partial charge is 0.329 e. The van der Waals surface area contributed by atoms with Crippen molar-refractivity contribution in [1.82, 2.24) is 5.43 Å². The Morgan fingerprint density at radius 3 is 2.52 bits per heavy atom. The second kappa shape index (κ2) is 9.02. The van der Waals surface area contributed by atoms with E-state index in [-0.39, 0.29) is 0 Å². The molecular weight excluding hydrogens is 318 g/mol. The summed E-state index contributed by atoms with van der Waals surface area (Å²) >= 11 is 0. The van der Waals surface area contributed by atoms with Crippen LogP contribution in [0.1, 0.15) is 11.1 Å². The summed E-state index contributed by atoms with van der Waals surface area (Å²) < 4.78 is 5.37. The van der Waals surface area contributed by atoms with Gasteiger partial charge in [-0.1, -0.05) is 30.9 Å². The molecule has 25 heavy (non-hydrogen) atoms. The predicted molar refractivity (Wildman–Crippen MR) is 97.7 cm³/mol. The number of rotatable bonds is 6. The number of benzene rings is 2. The second-order valence-corrected chi connectivity index (χ2v) is 5.14. The summed E-state index contributed by atoms with van der Waals surface area (Å²) in [5.41, 5.74) is 4.40. The van der Waals surface area contributed by atoms with Crippen LogP contribution in [-0.4, -0.2) is 24.6 Å².